The molecular formula is C23H22N2O4S. The fourth-order valence-corrected chi connectivity index (χ4v) is 4.56. The van der Waals surface area contributed by atoms with Gasteiger partial charge in [-0.3, -0.25) is 4.79 Å². The lowest BCUT2D eigenvalue weighted by Crippen LogP contribution is -2.09. The molecule has 6 nitrogen and oxygen atoms in total. The second-order valence-corrected chi connectivity index (χ2v) is 7.83. The van der Waals surface area contributed by atoms with E-state index in [0.717, 1.165) is 16.7 Å². The van der Waals surface area contributed by atoms with Crippen LogP contribution in [0.15, 0.2) is 40.5 Å². The van der Waals surface area contributed by atoms with Gasteiger partial charge >= 0.3 is 0 Å². The summed E-state index contributed by atoms with van der Waals surface area (Å²) in [6.07, 6.45) is 0. The molecule has 0 amide bonds. The van der Waals surface area contributed by atoms with Gasteiger partial charge < -0.3 is 19.2 Å². The van der Waals surface area contributed by atoms with Crippen molar-refractivity contribution in [1.82, 2.24) is 9.97 Å². The van der Waals surface area contributed by atoms with Crippen molar-refractivity contribution in [1.29, 1.82) is 0 Å². The first kappa shape index (κ1) is 20.0. The van der Waals surface area contributed by atoms with Crippen LogP contribution in [0.25, 0.3) is 32.7 Å². The third-order valence-electron chi connectivity index (χ3n) is 5.05. The molecule has 0 radical (unpaired) electrons. The fourth-order valence-electron chi connectivity index (χ4n) is 3.62. The van der Waals surface area contributed by atoms with Crippen molar-refractivity contribution < 1.29 is 14.2 Å². The van der Waals surface area contributed by atoms with Gasteiger partial charge in [0.15, 0.2) is 11.5 Å². The monoisotopic (exact) mass is 422 g/mol. The predicted octanol–water partition coefficient (Wildman–Crippen LogP) is 4.96. The normalized spacial score (nSPS) is 11.0. The summed E-state index contributed by atoms with van der Waals surface area (Å²) in [4.78, 5) is 21.4. The highest BCUT2D eigenvalue weighted by molar-refractivity contribution is 7.17. The minimum atomic E-state index is -0.181. The van der Waals surface area contributed by atoms with E-state index < -0.39 is 0 Å². The van der Waals surface area contributed by atoms with Gasteiger partial charge in [0.25, 0.3) is 5.56 Å². The average molecular weight is 423 g/mol. The van der Waals surface area contributed by atoms with Gasteiger partial charge in [-0.2, -0.15) is 0 Å². The highest BCUT2D eigenvalue weighted by Gasteiger charge is 2.18. The van der Waals surface area contributed by atoms with Crippen molar-refractivity contribution in [3.63, 3.8) is 0 Å². The number of methoxy groups -OCH3 is 3. The highest BCUT2D eigenvalue weighted by atomic mass is 32.1. The van der Waals surface area contributed by atoms with E-state index in [4.69, 9.17) is 19.2 Å². The number of hydrogen-bond acceptors (Lipinski definition) is 6. The number of H-pyrrole nitrogens is 1. The van der Waals surface area contributed by atoms with E-state index in [9.17, 15) is 4.79 Å². The molecule has 0 aliphatic heterocycles. The van der Waals surface area contributed by atoms with E-state index in [0.29, 0.717) is 38.9 Å². The lowest BCUT2D eigenvalue weighted by molar-refractivity contribution is 0.324. The summed E-state index contributed by atoms with van der Waals surface area (Å²) in [6.45, 7) is 4.11. The molecule has 0 aliphatic rings. The van der Waals surface area contributed by atoms with Crippen LogP contribution in [0, 0.1) is 13.8 Å². The van der Waals surface area contributed by atoms with Gasteiger partial charge in [0.2, 0.25) is 5.75 Å². The van der Waals surface area contributed by atoms with E-state index in [1.165, 1.54) is 16.9 Å². The van der Waals surface area contributed by atoms with Crippen molar-refractivity contribution in [3.05, 3.63) is 57.2 Å². The molecule has 2 heterocycles. The molecule has 0 fully saturated rings. The second kappa shape index (κ2) is 7.84. The molecule has 1 N–H and O–H groups in total. The Bertz CT molecular complexity index is 1280. The summed E-state index contributed by atoms with van der Waals surface area (Å²) in [6, 6.07) is 9.76. The van der Waals surface area contributed by atoms with E-state index in [2.05, 4.69) is 37.0 Å². The van der Waals surface area contributed by atoms with Crippen molar-refractivity contribution >= 4 is 21.6 Å². The molecule has 4 aromatic rings. The molecule has 0 bridgehead atoms. The zero-order chi connectivity index (χ0) is 21.4. The van der Waals surface area contributed by atoms with Crippen LogP contribution < -0.4 is 19.8 Å². The lowest BCUT2D eigenvalue weighted by Gasteiger charge is -2.13. The summed E-state index contributed by atoms with van der Waals surface area (Å²) < 4.78 is 16.2. The first-order chi connectivity index (χ1) is 14.5. The van der Waals surface area contributed by atoms with E-state index in [1.54, 1.807) is 33.5 Å². The third-order valence-corrected chi connectivity index (χ3v) is 5.93. The standard InChI is InChI=1S/C23H22N2O4S/c1-12-6-7-15(13(2)8-12)16-11-30-23-19(16)22(26)24-21(25-23)14-9-17(27-3)20(29-5)18(10-14)28-4/h6-11H,1-5H3,(H,24,25,26). The molecule has 7 heteroatoms. The summed E-state index contributed by atoms with van der Waals surface area (Å²) in [5.74, 6) is 1.93. The SMILES string of the molecule is COc1cc(-c2nc3scc(-c4ccc(C)cc4C)c3c(=O)[nH]2)cc(OC)c1OC. The van der Waals surface area contributed by atoms with Crippen LogP contribution in [-0.2, 0) is 0 Å². The minimum Gasteiger partial charge on any atom is -0.493 e. The predicted molar refractivity (Wildman–Crippen MR) is 120 cm³/mol. The molecule has 0 saturated carbocycles. The molecule has 4 rings (SSSR count). The molecule has 0 spiro atoms. The lowest BCUT2D eigenvalue weighted by atomic mass is 9.99. The summed E-state index contributed by atoms with van der Waals surface area (Å²) in [5.41, 5.74) is 4.75. The summed E-state index contributed by atoms with van der Waals surface area (Å²) >= 11 is 1.45. The van der Waals surface area contributed by atoms with Crippen molar-refractivity contribution in [2.75, 3.05) is 21.3 Å². The van der Waals surface area contributed by atoms with Gasteiger partial charge in [0.05, 0.1) is 26.7 Å². The van der Waals surface area contributed by atoms with Crippen LogP contribution in [0.2, 0.25) is 0 Å². The van der Waals surface area contributed by atoms with E-state index in [-0.39, 0.29) is 5.56 Å². The zero-order valence-corrected chi connectivity index (χ0v) is 18.3. The Morgan fingerprint density at radius 2 is 1.63 bits per heavy atom. The van der Waals surface area contributed by atoms with Crippen molar-refractivity contribution in [2.24, 2.45) is 0 Å². The quantitative estimate of drug-likeness (QED) is 0.492. The van der Waals surface area contributed by atoms with Crippen LogP contribution in [-0.4, -0.2) is 31.3 Å². The maximum absolute atomic E-state index is 13.1. The molecular weight excluding hydrogens is 400 g/mol. The number of ether oxygens (including phenoxy) is 3. The molecule has 30 heavy (non-hydrogen) atoms. The van der Waals surface area contributed by atoms with E-state index in [1.807, 2.05) is 5.38 Å². The Morgan fingerprint density at radius 3 is 2.23 bits per heavy atom. The molecule has 0 aliphatic carbocycles. The molecule has 2 aromatic carbocycles. The maximum atomic E-state index is 13.1. The van der Waals surface area contributed by atoms with Gasteiger partial charge in [-0.25, -0.2) is 4.98 Å². The summed E-state index contributed by atoms with van der Waals surface area (Å²) in [5, 5.41) is 2.59. The van der Waals surface area contributed by atoms with Crippen LogP contribution in [0.5, 0.6) is 17.2 Å². The topological polar surface area (TPSA) is 73.4 Å². The molecule has 0 unspecified atom stereocenters. The number of benzene rings is 2. The number of hydrogen-bond donors (Lipinski definition) is 1. The van der Waals surface area contributed by atoms with Gasteiger partial charge in [-0.1, -0.05) is 23.8 Å². The molecule has 2 aromatic heterocycles. The Balaban J connectivity index is 1.89. The van der Waals surface area contributed by atoms with Crippen LogP contribution in [0.4, 0.5) is 0 Å². The number of thiophene rings is 1. The first-order valence-electron chi connectivity index (χ1n) is 9.36. The van der Waals surface area contributed by atoms with Crippen LogP contribution >= 0.6 is 11.3 Å². The second-order valence-electron chi connectivity index (χ2n) is 6.98. The third kappa shape index (κ3) is 3.31. The number of aromatic nitrogens is 2. The fraction of sp³-hybridized carbons (Fsp3) is 0.217. The molecule has 154 valence electrons. The number of aromatic amines is 1. The van der Waals surface area contributed by atoms with Gasteiger partial charge in [-0.15, -0.1) is 11.3 Å². The van der Waals surface area contributed by atoms with Gasteiger partial charge in [-0.05, 0) is 37.1 Å². The zero-order valence-electron chi connectivity index (χ0n) is 17.5. The number of rotatable bonds is 5. The molecule has 0 atom stereocenters. The van der Waals surface area contributed by atoms with Crippen molar-refractivity contribution in [2.45, 2.75) is 13.8 Å². The average Bonchev–Trinajstić information content (AvgIpc) is 3.17. The number of nitrogens with one attached hydrogen (secondary N) is 1. The van der Waals surface area contributed by atoms with Crippen molar-refractivity contribution in [3.8, 4) is 39.8 Å². The smallest absolute Gasteiger partial charge is 0.260 e. The Hall–Kier alpha value is -3.32. The Labute approximate surface area is 178 Å². The number of nitrogens with zero attached hydrogens (tertiary/aromatic N) is 1. The Kier molecular flexibility index (Phi) is 5.22. The Morgan fingerprint density at radius 1 is 0.933 bits per heavy atom. The number of aryl methyl sites for hydroxylation is 2. The first-order valence-corrected chi connectivity index (χ1v) is 10.2. The number of fused-ring (bicyclic) bond motifs is 1. The van der Waals surface area contributed by atoms with Crippen LogP contribution in [0.3, 0.4) is 0 Å². The van der Waals surface area contributed by atoms with Gasteiger partial charge in [0.1, 0.15) is 10.7 Å². The highest BCUT2D eigenvalue weighted by Crippen LogP contribution is 2.41. The van der Waals surface area contributed by atoms with Gasteiger partial charge in [0, 0.05) is 16.5 Å². The minimum absolute atomic E-state index is 0.181. The largest absolute Gasteiger partial charge is 0.493 e. The van der Waals surface area contributed by atoms with E-state index >= 15 is 0 Å². The molecule has 0 saturated heterocycles. The maximum Gasteiger partial charge on any atom is 0.260 e. The summed E-state index contributed by atoms with van der Waals surface area (Å²) in [7, 11) is 4.65. The van der Waals surface area contributed by atoms with Crippen LogP contribution in [0.1, 0.15) is 11.1 Å².